The van der Waals surface area contributed by atoms with Crippen LogP contribution in [0.25, 0.3) is 0 Å². The lowest BCUT2D eigenvalue weighted by atomic mass is 10.1. The summed E-state index contributed by atoms with van der Waals surface area (Å²) in [5, 5.41) is 11.1. The Labute approximate surface area is 131 Å². The molecule has 0 aromatic carbocycles. The molecule has 2 unspecified atom stereocenters. The maximum absolute atomic E-state index is 4.23. The number of thiophene rings is 1. The summed E-state index contributed by atoms with van der Waals surface area (Å²) in [5.41, 5.74) is 1.39. The molecule has 0 spiro atoms. The van der Waals surface area contributed by atoms with Crippen molar-refractivity contribution in [1.29, 1.82) is 0 Å². The SMILES string of the molecule is CCC(C)NC(=NC)NCC(C)c1ccsc1.I. The molecule has 2 atom stereocenters. The van der Waals surface area contributed by atoms with Crippen LogP contribution in [0.2, 0.25) is 0 Å². The second-order valence-electron chi connectivity index (χ2n) is 4.36. The van der Waals surface area contributed by atoms with E-state index in [0.29, 0.717) is 12.0 Å². The molecule has 104 valence electrons. The van der Waals surface area contributed by atoms with Gasteiger partial charge < -0.3 is 10.6 Å². The number of nitrogens with zero attached hydrogens (tertiary/aromatic N) is 1. The largest absolute Gasteiger partial charge is 0.356 e. The third-order valence-electron chi connectivity index (χ3n) is 2.91. The molecule has 0 bridgehead atoms. The summed E-state index contributed by atoms with van der Waals surface area (Å²) >= 11 is 1.75. The second kappa shape index (κ2) is 9.61. The zero-order chi connectivity index (χ0) is 12.7. The Bertz CT molecular complexity index is 338. The van der Waals surface area contributed by atoms with Crippen LogP contribution in [0.1, 0.15) is 38.7 Å². The fourth-order valence-corrected chi connectivity index (χ4v) is 2.24. The number of guanidine groups is 1. The highest BCUT2D eigenvalue weighted by Gasteiger charge is 2.07. The van der Waals surface area contributed by atoms with Gasteiger partial charge in [0.15, 0.2) is 5.96 Å². The van der Waals surface area contributed by atoms with Crippen molar-refractivity contribution in [2.24, 2.45) is 4.99 Å². The summed E-state index contributed by atoms with van der Waals surface area (Å²) in [7, 11) is 1.81. The van der Waals surface area contributed by atoms with Crippen LogP contribution < -0.4 is 10.6 Å². The first-order valence-electron chi connectivity index (χ1n) is 6.16. The van der Waals surface area contributed by atoms with E-state index in [0.717, 1.165) is 18.9 Å². The lowest BCUT2D eigenvalue weighted by molar-refractivity contribution is 0.615. The van der Waals surface area contributed by atoms with Gasteiger partial charge in [-0.05, 0) is 41.7 Å². The minimum absolute atomic E-state index is 0. The predicted octanol–water partition coefficient (Wildman–Crippen LogP) is 3.43. The van der Waals surface area contributed by atoms with E-state index in [1.807, 2.05) is 7.05 Å². The molecule has 0 aliphatic heterocycles. The first-order valence-corrected chi connectivity index (χ1v) is 7.10. The average molecular weight is 381 g/mol. The standard InChI is InChI=1S/C13H23N3S.HI/c1-5-11(3)16-13(14-4)15-8-10(2)12-6-7-17-9-12;/h6-7,9-11H,5,8H2,1-4H3,(H2,14,15,16);1H. The molecule has 3 nitrogen and oxygen atoms in total. The maximum Gasteiger partial charge on any atom is 0.191 e. The summed E-state index contributed by atoms with van der Waals surface area (Å²) < 4.78 is 0. The summed E-state index contributed by atoms with van der Waals surface area (Å²) in [6, 6.07) is 2.64. The van der Waals surface area contributed by atoms with Gasteiger partial charge in [-0.3, -0.25) is 4.99 Å². The van der Waals surface area contributed by atoms with E-state index in [9.17, 15) is 0 Å². The number of rotatable bonds is 5. The Balaban J connectivity index is 0.00000289. The smallest absolute Gasteiger partial charge is 0.191 e. The van der Waals surface area contributed by atoms with Crippen LogP contribution in [0.3, 0.4) is 0 Å². The fourth-order valence-electron chi connectivity index (χ4n) is 1.45. The van der Waals surface area contributed by atoms with E-state index in [2.05, 4.69) is 53.2 Å². The Kier molecular flexibility index (Phi) is 9.45. The van der Waals surface area contributed by atoms with Gasteiger partial charge in [-0.15, -0.1) is 24.0 Å². The first-order chi connectivity index (χ1) is 8.17. The fraction of sp³-hybridized carbons (Fsp3) is 0.615. The quantitative estimate of drug-likeness (QED) is 0.466. The Hall–Kier alpha value is -0.300. The third kappa shape index (κ3) is 6.04. The van der Waals surface area contributed by atoms with E-state index >= 15 is 0 Å². The van der Waals surface area contributed by atoms with Gasteiger partial charge in [0.1, 0.15) is 0 Å². The zero-order valence-electron chi connectivity index (χ0n) is 11.6. The lowest BCUT2D eigenvalue weighted by Gasteiger charge is -2.18. The Morgan fingerprint density at radius 2 is 2.17 bits per heavy atom. The molecule has 0 fully saturated rings. The van der Waals surface area contributed by atoms with Gasteiger partial charge >= 0.3 is 0 Å². The summed E-state index contributed by atoms with van der Waals surface area (Å²) in [4.78, 5) is 4.23. The highest BCUT2D eigenvalue weighted by molar-refractivity contribution is 14.0. The van der Waals surface area contributed by atoms with Crippen molar-refractivity contribution in [3.05, 3.63) is 22.4 Å². The molecular weight excluding hydrogens is 357 g/mol. The lowest BCUT2D eigenvalue weighted by Crippen LogP contribution is -2.43. The molecule has 5 heteroatoms. The van der Waals surface area contributed by atoms with Gasteiger partial charge in [0.05, 0.1) is 0 Å². The van der Waals surface area contributed by atoms with Crippen molar-refractivity contribution in [1.82, 2.24) is 10.6 Å². The molecule has 0 amide bonds. The third-order valence-corrected chi connectivity index (χ3v) is 3.61. The summed E-state index contributed by atoms with van der Waals surface area (Å²) in [6.45, 7) is 7.46. The van der Waals surface area contributed by atoms with Crippen molar-refractivity contribution in [2.75, 3.05) is 13.6 Å². The monoisotopic (exact) mass is 381 g/mol. The minimum Gasteiger partial charge on any atom is -0.356 e. The van der Waals surface area contributed by atoms with E-state index < -0.39 is 0 Å². The van der Waals surface area contributed by atoms with Crippen LogP contribution in [0.15, 0.2) is 21.8 Å². The molecule has 0 aliphatic rings. The van der Waals surface area contributed by atoms with E-state index in [4.69, 9.17) is 0 Å². The van der Waals surface area contributed by atoms with Gasteiger partial charge in [-0.2, -0.15) is 11.3 Å². The van der Waals surface area contributed by atoms with E-state index in [1.54, 1.807) is 11.3 Å². The molecule has 0 saturated carbocycles. The molecule has 1 aromatic rings. The molecular formula is C13H24IN3S. The molecule has 18 heavy (non-hydrogen) atoms. The molecule has 0 radical (unpaired) electrons. The van der Waals surface area contributed by atoms with Gasteiger partial charge in [-0.1, -0.05) is 13.8 Å². The van der Waals surface area contributed by atoms with Gasteiger partial charge in [0, 0.05) is 19.6 Å². The molecule has 2 N–H and O–H groups in total. The van der Waals surface area contributed by atoms with Crippen LogP contribution in [0, 0.1) is 0 Å². The minimum atomic E-state index is 0. The number of halogens is 1. The average Bonchev–Trinajstić information content (AvgIpc) is 2.87. The van der Waals surface area contributed by atoms with E-state index in [-0.39, 0.29) is 24.0 Å². The normalized spacial score (nSPS) is 14.6. The topological polar surface area (TPSA) is 36.4 Å². The van der Waals surface area contributed by atoms with E-state index in [1.165, 1.54) is 5.56 Å². The van der Waals surface area contributed by atoms with Crippen molar-refractivity contribution in [2.45, 2.75) is 39.2 Å². The van der Waals surface area contributed by atoms with Crippen LogP contribution >= 0.6 is 35.3 Å². The van der Waals surface area contributed by atoms with Gasteiger partial charge in [0.2, 0.25) is 0 Å². The molecule has 0 aliphatic carbocycles. The van der Waals surface area contributed by atoms with Crippen molar-refractivity contribution < 1.29 is 0 Å². The van der Waals surface area contributed by atoms with Crippen molar-refractivity contribution in [3.8, 4) is 0 Å². The first kappa shape index (κ1) is 17.7. The second-order valence-corrected chi connectivity index (χ2v) is 5.14. The molecule has 1 rings (SSSR count). The van der Waals surface area contributed by atoms with Crippen LogP contribution in [-0.2, 0) is 0 Å². The van der Waals surface area contributed by atoms with Gasteiger partial charge in [0.25, 0.3) is 0 Å². The maximum atomic E-state index is 4.23. The molecule has 0 saturated heterocycles. The van der Waals surface area contributed by atoms with Crippen LogP contribution in [0.5, 0.6) is 0 Å². The predicted molar refractivity (Wildman–Crippen MR) is 92.4 cm³/mol. The molecule has 1 heterocycles. The Morgan fingerprint density at radius 1 is 1.44 bits per heavy atom. The summed E-state index contributed by atoms with van der Waals surface area (Å²) in [6.07, 6.45) is 1.10. The summed E-state index contributed by atoms with van der Waals surface area (Å²) in [5.74, 6) is 1.40. The van der Waals surface area contributed by atoms with Gasteiger partial charge in [-0.25, -0.2) is 0 Å². The van der Waals surface area contributed by atoms with Crippen LogP contribution in [-0.4, -0.2) is 25.6 Å². The number of hydrogen-bond acceptors (Lipinski definition) is 2. The number of hydrogen-bond donors (Lipinski definition) is 2. The number of aliphatic imine (C=N–C) groups is 1. The number of nitrogens with one attached hydrogen (secondary N) is 2. The zero-order valence-corrected chi connectivity index (χ0v) is 14.7. The highest BCUT2D eigenvalue weighted by Crippen LogP contribution is 2.16. The van der Waals surface area contributed by atoms with Crippen molar-refractivity contribution >= 4 is 41.3 Å². The van der Waals surface area contributed by atoms with Crippen molar-refractivity contribution in [3.63, 3.8) is 0 Å². The highest BCUT2D eigenvalue weighted by atomic mass is 127. The van der Waals surface area contributed by atoms with Crippen LogP contribution in [0.4, 0.5) is 0 Å². The molecule has 1 aromatic heterocycles. The Morgan fingerprint density at radius 3 is 2.67 bits per heavy atom.